The number of nitrogens with one attached hydrogen (secondary N) is 2. The second-order valence-electron chi connectivity index (χ2n) is 9.95. The quantitative estimate of drug-likeness (QED) is 0.392. The van der Waals surface area contributed by atoms with Crippen LogP contribution in [-0.4, -0.2) is 65.1 Å². The lowest BCUT2D eigenvalue weighted by Crippen LogP contribution is -2.41. The number of hydrogen-bond donors (Lipinski definition) is 2. The minimum Gasteiger partial charge on any atom is -0.494 e. The molecule has 5 rings (SSSR count). The van der Waals surface area contributed by atoms with E-state index in [4.69, 9.17) is 21.1 Å². The molecule has 1 saturated heterocycles. The fourth-order valence-electron chi connectivity index (χ4n) is 4.92. The molecule has 0 aliphatic carbocycles. The van der Waals surface area contributed by atoms with E-state index in [9.17, 15) is 4.79 Å². The van der Waals surface area contributed by atoms with E-state index in [1.807, 2.05) is 36.4 Å². The first-order chi connectivity index (χ1) is 18.3. The van der Waals surface area contributed by atoms with E-state index in [1.54, 1.807) is 19.1 Å². The SMILES string of the molecule is COc1cc(OC2CCN(C(C)C)CC2)ccc1Nc1ncc(Cl)c(Nc2cccc3c2C(=O)N(C)C3)n1. The standard InChI is InChI=1S/C28H33ClN6O3/c1-17(2)35-12-10-19(11-13-35)38-20-8-9-22(24(14-20)37-4)32-28-30-15-21(29)26(33-28)31-23-7-5-6-18-16-34(3)27(36)25(18)23/h5-9,14-15,17,19H,10-13,16H2,1-4H3,(H2,30,31,32,33). The summed E-state index contributed by atoms with van der Waals surface area (Å²) in [6.45, 7) is 7.12. The van der Waals surface area contributed by atoms with Gasteiger partial charge < -0.3 is 29.9 Å². The summed E-state index contributed by atoms with van der Waals surface area (Å²) in [5, 5.41) is 6.77. The molecule has 3 aromatic rings. The van der Waals surface area contributed by atoms with Gasteiger partial charge in [0.15, 0.2) is 5.82 Å². The van der Waals surface area contributed by atoms with Gasteiger partial charge in [-0.1, -0.05) is 23.7 Å². The maximum absolute atomic E-state index is 12.6. The molecule has 10 heteroatoms. The Morgan fingerprint density at radius 2 is 1.89 bits per heavy atom. The number of aromatic nitrogens is 2. The van der Waals surface area contributed by atoms with Crippen LogP contribution in [0, 0.1) is 0 Å². The number of benzene rings is 2. The molecule has 1 fully saturated rings. The highest BCUT2D eigenvalue weighted by atomic mass is 35.5. The first-order valence-electron chi connectivity index (χ1n) is 12.8. The molecule has 0 saturated carbocycles. The number of carbonyl (C=O) groups is 1. The summed E-state index contributed by atoms with van der Waals surface area (Å²) < 4.78 is 11.9. The summed E-state index contributed by atoms with van der Waals surface area (Å²) in [6, 6.07) is 11.9. The van der Waals surface area contributed by atoms with Gasteiger partial charge in [0.1, 0.15) is 22.6 Å². The van der Waals surface area contributed by atoms with Crippen molar-refractivity contribution >= 4 is 40.6 Å². The molecule has 1 amide bonds. The molecule has 38 heavy (non-hydrogen) atoms. The van der Waals surface area contributed by atoms with E-state index >= 15 is 0 Å². The number of anilines is 4. The van der Waals surface area contributed by atoms with Crippen LogP contribution in [0.5, 0.6) is 11.5 Å². The Morgan fingerprint density at radius 3 is 2.63 bits per heavy atom. The van der Waals surface area contributed by atoms with E-state index < -0.39 is 0 Å². The summed E-state index contributed by atoms with van der Waals surface area (Å²) in [4.78, 5) is 25.7. The Bertz CT molecular complexity index is 1330. The van der Waals surface area contributed by atoms with Crippen molar-refractivity contribution in [2.75, 3.05) is 37.9 Å². The van der Waals surface area contributed by atoms with Crippen LogP contribution in [0.1, 0.15) is 42.6 Å². The molecule has 0 unspecified atom stereocenters. The summed E-state index contributed by atoms with van der Waals surface area (Å²) >= 11 is 6.41. The molecule has 0 radical (unpaired) electrons. The molecule has 1 aromatic heterocycles. The molecule has 0 bridgehead atoms. The van der Waals surface area contributed by atoms with E-state index in [1.165, 1.54) is 6.20 Å². The molecular formula is C28H33ClN6O3. The Balaban J connectivity index is 1.30. The first kappa shape index (κ1) is 26.1. The molecule has 0 atom stereocenters. The zero-order chi connectivity index (χ0) is 26.8. The molecule has 9 nitrogen and oxygen atoms in total. The summed E-state index contributed by atoms with van der Waals surface area (Å²) in [5.41, 5.74) is 2.94. The van der Waals surface area contributed by atoms with Crippen molar-refractivity contribution in [1.82, 2.24) is 19.8 Å². The largest absolute Gasteiger partial charge is 0.494 e. The van der Waals surface area contributed by atoms with Gasteiger partial charge in [0.2, 0.25) is 5.95 Å². The Hall–Kier alpha value is -3.56. The average molecular weight is 537 g/mol. The maximum atomic E-state index is 12.6. The number of rotatable bonds is 8. The number of amides is 1. The third-order valence-electron chi connectivity index (χ3n) is 7.05. The van der Waals surface area contributed by atoms with Gasteiger partial charge in [-0.2, -0.15) is 4.98 Å². The number of nitrogens with zero attached hydrogens (tertiary/aromatic N) is 4. The number of carbonyl (C=O) groups excluding carboxylic acids is 1. The van der Waals surface area contributed by atoms with Crippen molar-refractivity contribution in [3.05, 3.63) is 58.7 Å². The molecule has 0 spiro atoms. The fraction of sp³-hybridized carbons (Fsp3) is 0.393. The minimum atomic E-state index is -0.0378. The molecular weight excluding hydrogens is 504 g/mol. The van der Waals surface area contributed by atoms with Crippen molar-refractivity contribution in [2.24, 2.45) is 0 Å². The van der Waals surface area contributed by atoms with Crippen LogP contribution in [0.25, 0.3) is 0 Å². The lowest BCUT2D eigenvalue weighted by molar-refractivity contribution is 0.0816. The van der Waals surface area contributed by atoms with Gasteiger partial charge in [-0.05, 0) is 50.5 Å². The zero-order valence-electron chi connectivity index (χ0n) is 22.1. The third-order valence-corrected chi connectivity index (χ3v) is 7.32. The van der Waals surface area contributed by atoms with Gasteiger partial charge in [-0.15, -0.1) is 0 Å². The lowest BCUT2D eigenvalue weighted by Gasteiger charge is -2.34. The van der Waals surface area contributed by atoms with E-state index in [0.717, 1.165) is 37.2 Å². The van der Waals surface area contributed by atoms with Gasteiger partial charge >= 0.3 is 0 Å². The summed E-state index contributed by atoms with van der Waals surface area (Å²) in [5.74, 6) is 2.07. The van der Waals surface area contributed by atoms with Gasteiger partial charge in [-0.3, -0.25) is 4.79 Å². The van der Waals surface area contributed by atoms with Crippen LogP contribution < -0.4 is 20.1 Å². The number of fused-ring (bicyclic) bond motifs is 1. The van der Waals surface area contributed by atoms with Gasteiger partial charge in [0.25, 0.3) is 5.91 Å². The number of likely N-dealkylation sites (tertiary alicyclic amines) is 1. The zero-order valence-corrected chi connectivity index (χ0v) is 22.9. The average Bonchev–Trinajstić information content (AvgIpc) is 3.21. The van der Waals surface area contributed by atoms with Gasteiger partial charge in [0.05, 0.1) is 30.2 Å². The predicted octanol–water partition coefficient (Wildman–Crippen LogP) is 5.46. The van der Waals surface area contributed by atoms with Crippen LogP contribution in [0.4, 0.5) is 23.1 Å². The third kappa shape index (κ3) is 5.49. The summed E-state index contributed by atoms with van der Waals surface area (Å²) in [7, 11) is 3.40. The van der Waals surface area contributed by atoms with Crippen LogP contribution >= 0.6 is 11.6 Å². The smallest absolute Gasteiger partial charge is 0.256 e. The lowest BCUT2D eigenvalue weighted by atomic mass is 10.1. The van der Waals surface area contributed by atoms with E-state index in [0.29, 0.717) is 52.1 Å². The highest BCUT2D eigenvalue weighted by Gasteiger charge is 2.27. The maximum Gasteiger partial charge on any atom is 0.256 e. The van der Waals surface area contributed by atoms with Crippen LogP contribution in [0.3, 0.4) is 0 Å². The van der Waals surface area contributed by atoms with Crippen molar-refractivity contribution in [2.45, 2.75) is 45.4 Å². The highest BCUT2D eigenvalue weighted by molar-refractivity contribution is 6.33. The Kier molecular flexibility index (Phi) is 7.58. The molecule has 2 aromatic carbocycles. The highest BCUT2D eigenvalue weighted by Crippen LogP contribution is 2.35. The van der Waals surface area contributed by atoms with Crippen molar-refractivity contribution in [3.63, 3.8) is 0 Å². The second-order valence-corrected chi connectivity index (χ2v) is 10.4. The number of piperidine rings is 1. The predicted molar refractivity (Wildman–Crippen MR) is 149 cm³/mol. The number of methoxy groups -OCH3 is 1. The topological polar surface area (TPSA) is 91.8 Å². The molecule has 2 aliphatic heterocycles. The second kappa shape index (κ2) is 11.0. The number of halogens is 1. The summed E-state index contributed by atoms with van der Waals surface area (Å²) in [6.07, 6.45) is 3.71. The van der Waals surface area contributed by atoms with E-state index in [-0.39, 0.29) is 12.0 Å². The Morgan fingerprint density at radius 1 is 1.11 bits per heavy atom. The number of hydrogen-bond acceptors (Lipinski definition) is 8. The monoisotopic (exact) mass is 536 g/mol. The van der Waals surface area contributed by atoms with Gasteiger partial charge in [-0.25, -0.2) is 4.98 Å². The molecule has 3 heterocycles. The van der Waals surface area contributed by atoms with Gasteiger partial charge in [0, 0.05) is 38.8 Å². The van der Waals surface area contributed by atoms with Crippen molar-refractivity contribution < 1.29 is 14.3 Å². The van der Waals surface area contributed by atoms with E-state index in [2.05, 4.69) is 39.3 Å². The fourth-order valence-corrected chi connectivity index (χ4v) is 5.06. The van der Waals surface area contributed by atoms with Crippen molar-refractivity contribution in [3.8, 4) is 11.5 Å². The first-order valence-corrected chi connectivity index (χ1v) is 13.2. The van der Waals surface area contributed by atoms with Crippen LogP contribution in [0.15, 0.2) is 42.6 Å². The van der Waals surface area contributed by atoms with Crippen LogP contribution in [0.2, 0.25) is 5.02 Å². The number of ether oxygens (including phenoxy) is 2. The van der Waals surface area contributed by atoms with Crippen molar-refractivity contribution in [1.29, 1.82) is 0 Å². The molecule has 2 aliphatic rings. The normalized spacial score (nSPS) is 16.1. The Labute approximate surface area is 228 Å². The van der Waals surface area contributed by atoms with Crippen LogP contribution in [-0.2, 0) is 6.54 Å². The molecule has 2 N–H and O–H groups in total. The minimum absolute atomic E-state index is 0.0378. The molecule has 200 valence electrons.